The number of anilines is 2. The highest BCUT2D eigenvalue weighted by molar-refractivity contribution is 5.96. The monoisotopic (exact) mass is 252 g/mol. The van der Waals surface area contributed by atoms with Gasteiger partial charge in [0.15, 0.2) is 0 Å². The SMILES string of the molecule is O=C1CCN(Cc2ccccc2)c2ccccc2N1. The topological polar surface area (TPSA) is 32.3 Å². The second-order valence-corrected chi connectivity index (χ2v) is 4.72. The smallest absolute Gasteiger partial charge is 0.226 e. The number of nitrogens with zero attached hydrogens (tertiary/aromatic N) is 1. The van der Waals surface area contributed by atoms with Gasteiger partial charge in [0.25, 0.3) is 0 Å². The zero-order valence-corrected chi connectivity index (χ0v) is 10.7. The summed E-state index contributed by atoms with van der Waals surface area (Å²) in [5.41, 5.74) is 3.25. The standard InChI is InChI=1S/C16H16N2O/c19-16-10-11-18(12-13-6-2-1-3-7-13)15-9-5-4-8-14(15)17-16/h1-9H,10-12H2,(H,17,19). The van der Waals surface area contributed by atoms with Crippen molar-refractivity contribution in [1.82, 2.24) is 0 Å². The van der Waals surface area contributed by atoms with Crippen LogP contribution in [0.5, 0.6) is 0 Å². The number of rotatable bonds is 2. The van der Waals surface area contributed by atoms with Crippen molar-refractivity contribution in [1.29, 1.82) is 0 Å². The molecule has 0 radical (unpaired) electrons. The van der Waals surface area contributed by atoms with Gasteiger partial charge in [-0.2, -0.15) is 0 Å². The van der Waals surface area contributed by atoms with E-state index in [0.717, 1.165) is 24.5 Å². The molecule has 0 aliphatic carbocycles. The van der Waals surface area contributed by atoms with Crippen LogP contribution in [-0.4, -0.2) is 12.5 Å². The second-order valence-electron chi connectivity index (χ2n) is 4.72. The molecule has 3 heteroatoms. The van der Waals surface area contributed by atoms with E-state index in [0.29, 0.717) is 6.42 Å². The van der Waals surface area contributed by atoms with Crippen LogP contribution in [0.25, 0.3) is 0 Å². The van der Waals surface area contributed by atoms with Crippen molar-refractivity contribution in [3.05, 3.63) is 60.2 Å². The van der Waals surface area contributed by atoms with Gasteiger partial charge in [0.1, 0.15) is 0 Å². The Morgan fingerprint density at radius 2 is 1.74 bits per heavy atom. The molecular weight excluding hydrogens is 236 g/mol. The van der Waals surface area contributed by atoms with Gasteiger partial charge in [0.2, 0.25) is 5.91 Å². The Balaban J connectivity index is 1.91. The lowest BCUT2D eigenvalue weighted by molar-refractivity contribution is -0.115. The van der Waals surface area contributed by atoms with Crippen LogP contribution in [0.4, 0.5) is 11.4 Å². The predicted octanol–water partition coefficient (Wildman–Crippen LogP) is 3.04. The molecule has 0 unspecified atom stereocenters. The number of carbonyl (C=O) groups is 1. The zero-order valence-electron chi connectivity index (χ0n) is 10.7. The fourth-order valence-corrected chi connectivity index (χ4v) is 2.39. The number of fused-ring (bicyclic) bond motifs is 1. The molecule has 0 fully saturated rings. The van der Waals surface area contributed by atoms with Crippen molar-refractivity contribution in [2.45, 2.75) is 13.0 Å². The lowest BCUT2D eigenvalue weighted by Crippen LogP contribution is -2.23. The van der Waals surface area contributed by atoms with Crippen LogP contribution < -0.4 is 10.2 Å². The third-order valence-corrected chi connectivity index (χ3v) is 3.34. The Morgan fingerprint density at radius 3 is 2.58 bits per heavy atom. The number of amides is 1. The largest absolute Gasteiger partial charge is 0.365 e. The third-order valence-electron chi connectivity index (χ3n) is 3.34. The van der Waals surface area contributed by atoms with E-state index in [9.17, 15) is 4.79 Å². The molecule has 96 valence electrons. The molecule has 1 aliphatic heterocycles. The van der Waals surface area contributed by atoms with Crippen LogP contribution in [0.1, 0.15) is 12.0 Å². The normalized spacial score (nSPS) is 14.5. The molecular formula is C16H16N2O. The highest BCUT2D eigenvalue weighted by Crippen LogP contribution is 2.29. The van der Waals surface area contributed by atoms with E-state index in [1.807, 2.05) is 36.4 Å². The Hall–Kier alpha value is -2.29. The Morgan fingerprint density at radius 1 is 1.00 bits per heavy atom. The molecule has 0 aromatic heterocycles. The van der Waals surface area contributed by atoms with Gasteiger partial charge in [-0.1, -0.05) is 42.5 Å². The molecule has 3 nitrogen and oxygen atoms in total. The van der Waals surface area contributed by atoms with Crippen molar-refractivity contribution in [2.75, 3.05) is 16.8 Å². The zero-order chi connectivity index (χ0) is 13.1. The number of hydrogen-bond donors (Lipinski definition) is 1. The minimum Gasteiger partial charge on any atom is -0.365 e. The van der Waals surface area contributed by atoms with Gasteiger partial charge >= 0.3 is 0 Å². The molecule has 0 saturated heterocycles. The van der Waals surface area contributed by atoms with Crippen molar-refractivity contribution < 1.29 is 4.79 Å². The number of benzene rings is 2. The summed E-state index contributed by atoms with van der Waals surface area (Å²) in [5, 5.41) is 2.96. The van der Waals surface area contributed by atoms with Gasteiger partial charge in [0, 0.05) is 19.5 Å². The van der Waals surface area contributed by atoms with Crippen molar-refractivity contribution in [2.24, 2.45) is 0 Å². The van der Waals surface area contributed by atoms with E-state index in [4.69, 9.17) is 0 Å². The fraction of sp³-hybridized carbons (Fsp3) is 0.188. The summed E-state index contributed by atoms with van der Waals surface area (Å²) in [6, 6.07) is 18.3. The van der Waals surface area contributed by atoms with Crippen molar-refractivity contribution in [3.8, 4) is 0 Å². The molecule has 0 saturated carbocycles. The van der Waals surface area contributed by atoms with E-state index in [1.165, 1.54) is 5.56 Å². The predicted molar refractivity (Wildman–Crippen MR) is 77.2 cm³/mol. The maximum Gasteiger partial charge on any atom is 0.226 e. The van der Waals surface area contributed by atoms with Gasteiger partial charge in [0.05, 0.1) is 11.4 Å². The van der Waals surface area contributed by atoms with Gasteiger partial charge < -0.3 is 10.2 Å². The number of hydrogen-bond acceptors (Lipinski definition) is 2. The number of carbonyl (C=O) groups excluding carboxylic acids is 1. The van der Waals surface area contributed by atoms with E-state index >= 15 is 0 Å². The van der Waals surface area contributed by atoms with E-state index in [1.54, 1.807) is 0 Å². The maximum atomic E-state index is 11.7. The first-order valence-corrected chi connectivity index (χ1v) is 6.51. The molecule has 0 bridgehead atoms. The van der Waals surface area contributed by atoms with Crippen LogP contribution in [0.15, 0.2) is 54.6 Å². The van der Waals surface area contributed by atoms with Crippen molar-refractivity contribution in [3.63, 3.8) is 0 Å². The molecule has 2 aromatic rings. The Kier molecular flexibility index (Phi) is 3.19. The van der Waals surface area contributed by atoms with Crippen LogP contribution >= 0.6 is 0 Å². The maximum absolute atomic E-state index is 11.7. The highest BCUT2D eigenvalue weighted by atomic mass is 16.1. The van der Waals surface area contributed by atoms with Crippen LogP contribution in [0.2, 0.25) is 0 Å². The molecule has 1 aliphatic rings. The van der Waals surface area contributed by atoms with E-state index in [2.05, 4.69) is 28.4 Å². The molecule has 1 amide bonds. The minimum atomic E-state index is 0.0861. The van der Waals surface area contributed by atoms with Gasteiger partial charge in [-0.25, -0.2) is 0 Å². The lowest BCUT2D eigenvalue weighted by atomic mass is 10.2. The summed E-state index contributed by atoms with van der Waals surface area (Å²) in [6.45, 7) is 1.57. The van der Waals surface area contributed by atoms with Gasteiger partial charge in [-0.15, -0.1) is 0 Å². The van der Waals surface area contributed by atoms with Gasteiger partial charge in [-0.3, -0.25) is 4.79 Å². The van der Waals surface area contributed by atoms with Crippen molar-refractivity contribution >= 4 is 17.3 Å². The summed E-state index contributed by atoms with van der Waals surface area (Å²) in [5.74, 6) is 0.0861. The summed E-state index contributed by atoms with van der Waals surface area (Å²) >= 11 is 0. The van der Waals surface area contributed by atoms with Crippen LogP contribution in [0.3, 0.4) is 0 Å². The third kappa shape index (κ3) is 2.60. The fourth-order valence-electron chi connectivity index (χ4n) is 2.39. The second kappa shape index (κ2) is 5.14. The quantitative estimate of drug-likeness (QED) is 0.891. The lowest BCUT2D eigenvalue weighted by Gasteiger charge is -2.24. The number of nitrogens with one attached hydrogen (secondary N) is 1. The number of para-hydroxylation sites is 2. The Labute approximate surface area is 112 Å². The summed E-state index contributed by atoms with van der Waals surface area (Å²) in [7, 11) is 0. The first-order valence-electron chi connectivity index (χ1n) is 6.51. The van der Waals surface area contributed by atoms with E-state index in [-0.39, 0.29) is 5.91 Å². The molecule has 0 spiro atoms. The van der Waals surface area contributed by atoms with E-state index < -0.39 is 0 Å². The molecule has 1 N–H and O–H groups in total. The molecule has 2 aromatic carbocycles. The molecule has 1 heterocycles. The molecule has 0 atom stereocenters. The van der Waals surface area contributed by atoms with Gasteiger partial charge in [-0.05, 0) is 17.7 Å². The Bertz CT molecular complexity index is 580. The first-order chi connectivity index (χ1) is 9.33. The molecule has 3 rings (SSSR count). The first kappa shape index (κ1) is 11.8. The summed E-state index contributed by atoms with van der Waals surface area (Å²) in [4.78, 5) is 14.0. The molecule has 19 heavy (non-hydrogen) atoms. The summed E-state index contributed by atoms with van der Waals surface area (Å²) < 4.78 is 0. The average molecular weight is 252 g/mol. The average Bonchev–Trinajstić information content (AvgIpc) is 2.60. The van der Waals surface area contributed by atoms with Crippen LogP contribution in [-0.2, 0) is 11.3 Å². The van der Waals surface area contributed by atoms with Crippen LogP contribution in [0, 0.1) is 0 Å². The summed E-state index contributed by atoms with van der Waals surface area (Å²) in [6.07, 6.45) is 0.529. The minimum absolute atomic E-state index is 0.0861. The highest BCUT2D eigenvalue weighted by Gasteiger charge is 2.18.